The van der Waals surface area contributed by atoms with Gasteiger partial charge in [-0.1, -0.05) is 12.6 Å². The van der Waals surface area contributed by atoms with Gasteiger partial charge in [0.1, 0.15) is 17.9 Å². The molecule has 0 saturated carbocycles. The molecule has 1 N–H and O–H groups in total. The van der Waals surface area contributed by atoms with Crippen molar-refractivity contribution in [1.82, 2.24) is 29.7 Å². The Balaban J connectivity index is 0.00000180. The molecule has 4 heterocycles. The summed E-state index contributed by atoms with van der Waals surface area (Å²) in [5.74, 6) is 1.68. The number of hydrogen-bond donors (Lipinski definition) is 1. The van der Waals surface area contributed by atoms with E-state index in [2.05, 4.69) is 37.5 Å². The zero-order valence-corrected chi connectivity index (χ0v) is 14.6. The van der Waals surface area contributed by atoms with E-state index in [1.807, 2.05) is 43.5 Å². The van der Waals surface area contributed by atoms with Crippen LogP contribution in [0, 0.1) is 20.8 Å². The van der Waals surface area contributed by atoms with Gasteiger partial charge in [0.15, 0.2) is 5.65 Å². The molecule has 0 atom stereocenters. The minimum Gasteiger partial charge on any atom is -0.361 e. The molecule has 4 aromatic heterocycles. The van der Waals surface area contributed by atoms with Crippen molar-refractivity contribution in [2.45, 2.75) is 28.2 Å². The lowest BCUT2D eigenvalue weighted by atomic mass is 9.97. The lowest BCUT2D eigenvalue weighted by Gasteiger charge is -2.08. The molecular formula is C20H20N6O. The highest BCUT2D eigenvalue weighted by Crippen LogP contribution is 2.35. The molecule has 5 rings (SSSR count). The molecule has 0 radical (unpaired) electrons. The standard InChI is InChI=1S/C19H16N6O.CH4/c1-10-18(11(2)26-24-10)14-6-15(19-16(7-14)21-12(3)22-19)13-4-5-17-23-20-9-25(17)8-13;/h4-9H,1-3H3,(H,21,22);1H4. The minimum absolute atomic E-state index is 0. The fourth-order valence-electron chi connectivity index (χ4n) is 3.49. The third-order valence-electron chi connectivity index (χ3n) is 4.63. The summed E-state index contributed by atoms with van der Waals surface area (Å²) in [7, 11) is 0. The smallest absolute Gasteiger partial charge is 0.160 e. The Bertz CT molecular complexity index is 1260. The fraction of sp³-hybridized carbons (Fsp3) is 0.200. The number of H-pyrrole nitrogens is 1. The number of benzene rings is 1. The van der Waals surface area contributed by atoms with E-state index in [0.717, 1.165) is 56.2 Å². The number of aromatic amines is 1. The summed E-state index contributed by atoms with van der Waals surface area (Å²) in [6, 6.07) is 8.24. The Morgan fingerprint density at radius 1 is 1.07 bits per heavy atom. The molecule has 27 heavy (non-hydrogen) atoms. The molecule has 7 nitrogen and oxygen atoms in total. The number of pyridine rings is 1. The van der Waals surface area contributed by atoms with Gasteiger partial charge in [-0.15, -0.1) is 10.2 Å². The number of hydrogen-bond acceptors (Lipinski definition) is 5. The Morgan fingerprint density at radius 3 is 2.70 bits per heavy atom. The number of aryl methyl sites for hydroxylation is 3. The van der Waals surface area contributed by atoms with Crippen LogP contribution < -0.4 is 0 Å². The lowest BCUT2D eigenvalue weighted by molar-refractivity contribution is 0.393. The first-order chi connectivity index (χ1) is 12.6. The molecule has 0 aliphatic heterocycles. The second kappa shape index (κ2) is 6.05. The Hall–Kier alpha value is -3.48. The number of nitrogens with one attached hydrogen (secondary N) is 1. The molecule has 0 amide bonds. The predicted octanol–water partition coefficient (Wildman–Crippen LogP) is 4.49. The SMILES string of the molecule is C.Cc1nc2c(-c3ccc4nncn4c3)cc(-c3c(C)noc3C)cc2[nH]1. The van der Waals surface area contributed by atoms with Gasteiger partial charge in [0.25, 0.3) is 0 Å². The number of nitrogens with zero attached hydrogens (tertiary/aromatic N) is 5. The van der Waals surface area contributed by atoms with Gasteiger partial charge in [-0.05, 0) is 50.6 Å². The minimum atomic E-state index is 0. The number of rotatable bonds is 2. The second-order valence-corrected chi connectivity index (χ2v) is 6.46. The molecule has 5 aromatic rings. The van der Waals surface area contributed by atoms with Gasteiger partial charge in [0, 0.05) is 22.9 Å². The van der Waals surface area contributed by atoms with Crippen LogP contribution in [0.5, 0.6) is 0 Å². The quantitative estimate of drug-likeness (QED) is 0.501. The van der Waals surface area contributed by atoms with Crippen LogP contribution in [0.2, 0.25) is 0 Å². The summed E-state index contributed by atoms with van der Waals surface area (Å²) in [6.45, 7) is 5.85. The molecule has 136 valence electrons. The highest BCUT2D eigenvalue weighted by atomic mass is 16.5. The normalized spacial score (nSPS) is 11.2. The summed E-state index contributed by atoms with van der Waals surface area (Å²) < 4.78 is 7.27. The van der Waals surface area contributed by atoms with Crippen LogP contribution >= 0.6 is 0 Å². The first-order valence-corrected chi connectivity index (χ1v) is 8.33. The van der Waals surface area contributed by atoms with Crippen molar-refractivity contribution >= 4 is 16.7 Å². The van der Waals surface area contributed by atoms with E-state index in [1.165, 1.54) is 0 Å². The van der Waals surface area contributed by atoms with Crippen molar-refractivity contribution in [1.29, 1.82) is 0 Å². The molecule has 0 aliphatic carbocycles. The molecule has 0 unspecified atom stereocenters. The van der Waals surface area contributed by atoms with Gasteiger partial charge < -0.3 is 9.51 Å². The van der Waals surface area contributed by atoms with E-state index in [0.29, 0.717) is 0 Å². The van der Waals surface area contributed by atoms with Crippen molar-refractivity contribution in [3.63, 3.8) is 0 Å². The molecule has 1 aromatic carbocycles. The van der Waals surface area contributed by atoms with Crippen LogP contribution in [-0.4, -0.2) is 29.7 Å². The van der Waals surface area contributed by atoms with E-state index in [4.69, 9.17) is 4.52 Å². The average Bonchev–Trinajstić information content (AvgIpc) is 3.31. The molecule has 0 fully saturated rings. The van der Waals surface area contributed by atoms with Crippen molar-refractivity contribution in [3.05, 3.63) is 54.1 Å². The van der Waals surface area contributed by atoms with Crippen molar-refractivity contribution in [3.8, 4) is 22.3 Å². The topological polar surface area (TPSA) is 84.9 Å². The molecule has 0 saturated heterocycles. The Kier molecular flexibility index (Phi) is 3.80. The number of imidazole rings is 1. The van der Waals surface area contributed by atoms with Gasteiger partial charge in [0.05, 0.1) is 16.7 Å². The van der Waals surface area contributed by atoms with Crippen LogP contribution in [0.25, 0.3) is 38.9 Å². The van der Waals surface area contributed by atoms with E-state index in [1.54, 1.807) is 6.33 Å². The molecule has 0 bridgehead atoms. The summed E-state index contributed by atoms with van der Waals surface area (Å²) in [5.41, 5.74) is 7.76. The summed E-state index contributed by atoms with van der Waals surface area (Å²) in [5, 5.41) is 12.1. The van der Waals surface area contributed by atoms with Crippen molar-refractivity contribution in [2.75, 3.05) is 0 Å². The van der Waals surface area contributed by atoms with Crippen molar-refractivity contribution < 1.29 is 4.52 Å². The largest absolute Gasteiger partial charge is 0.361 e. The van der Waals surface area contributed by atoms with E-state index in [9.17, 15) is 0 Å². The molecule has 0 aliphatic rings. The summed E-state index contributed by atoms with van der Waals surface area (Å²) in [6.07, 6.45) is 3.72. The predicted molar refractivity (Wildman–Crippen MR) is 105 cm³/mol. The third kappa shape index (κ3) is 2.59. The highest BCUT2D eigenvalue weighted by Gasteiger charge is 2.17. The van der Waals surface area contributed by atoms with Crippen LogP contribution in [0.3, 0.4) is 0 Å². The first kappa shape index (κ1) is 17.0. The first-order valence-electron chi connectivity index (χ1n) is 8.33. The summed E-state index contributed by atoms with van der Waals surface area (Å²) >= 11 is 0. The van der Waals surface area contributed by atoms with E-state index >= 15 is 0 Å². The monoisotopic (exact) mass is 360 g/mol. The van der Waals surface area contributed by atoms with E-state index < -0.39 is 0 Å². The molecular weight excluding hydrogens is 340 g/mol. The second-order valence-electron chi connectivity index (χ2n) is 6.46. The van der Waals surface area contributed by atoms with Gasteiger partial charge in [-0.25, -0.2) is 4.98 Å². The summed E-state index contributed by atoms with van der Waals surface area (Å²) in [4.78, 5) is 8.04. The number of fused-ring (bicyclic) bond motifs is 2. The van der Waals surface area contributed by atoms with Crippen LogP contribution in [0.4, 0.5) is 0 Å². The van der Waals surface area contributed by atoms with Gasteiger partial charge in [-0.2, -0.15) is 0 Å². The van der Waals surface area contributed by atoms with Gasteiger partial charge >= 0.3 is 0 Å². The maximum Gasteiger partial charge on any atom is 0.160 e. The Labute approximate surface area is 156 Å². The van der Waals surface area contributed by atoms with Crippen LogP contribution in [0.1, 0.15) is 24.7 Å². The number of aromatic nitrogens is 6. The van der Waals surface area contributed by atoms with E-state index in [-0.39, 0.29) is 7.43 Å². The maximum absolute atomic E-state index is 5.36. The molecule has 7 heteroatoms. The zero-order valence-electron chi connectivity index (χ0n) is 14.6. The molecule has 0 spiro atoms. The van der Waals surface area contributed by atoms with Gasteiger partial charge in [0.2, 0.25) is 0 Å². The van der Waals surface area contributed by atoms with Crippen molar-refractivity contribution in [2.24, 2.45) is 0 Å². The average molecular weight is 360 g/mol. The maximum atomic E-state index is 5.36. The van der Waals surface area contributed by atoms with Crippen LogP contribution in [0.15, 0.2) is 41.3 Å². The lowest BCUT2D eigenvalue weighted by Crippen LogP contribution is -1.89. The zero-order chi connectivity index (χ0) is 17.8. The fourth-order valence-corrected chi connectivity index (χ4v) is 3.49. The third-order valence-corrected chi connectivity index (χ3v) is 4.63. The van der Waals surface area contributed by atoms with Crippen LogP contribution in [-0.2, 0) is 0 Å². The Morgan fingerprint density at radius 2 is 1.93 bits per heavy atom. The van der Waals surface area contributed by atoms with Gasteiger partial charge in [-0.3, -0.25) is 4.40 Å². The highest BCUT2D eigenvalue weighted by molar-refractivity contribution is 5.96.